The molecule has 0 saturated carbocycles. The number of nitrogens with one attached hydrogen (secondary N) is 1. The maximum atomic E-state index is 12.1. The summed E-state index contributed by atoms with van der Waals surface area (Å²) in [5.74, 6) is 0.370. The van der Waals surface area contributed by atoms with Crippen molar-refractivity contribution in [2.45, 2.75) is 26.8 Å². The number of aromatic nitrogens is 2. The number of carbonyl (C=O) groups is 1. The third-order valence-electron chi connectivity index (χ3n) is 3.51. The number of carbonyl (C=O) groups excluding carboxylic acids is 1. The van der Waals surface area contributed by atoms with Gasteiger partial charge >= 0.3 is 0 Å². The van der Waals surface area contributed by atoms with Crippen molar-refractivity contribution in [2.24, 2.45) is 0 Å². The van der Waals surface area contributed by atoms with Gasteiger partial charge in [0, 0.05) is 17.8 Å². The van der Waals surface area contributed by atoms with Crippen molar-refractivity contribution >= 4 is 11.6 Å². The van der Waals surface area contributed by atoms with Gasteiger partial charge in [-0.3, -0.25) is 19.6 Å². The van der Waals surface area contributed by atoms with E-state index in [-0.39, 0.29) is 18.2 Å². The van der Waals surface area contributed by atoms with Gasteiger partial charge in [-0.2, -0.15) is 5.10 Å². The second-order valence-corrected chi connectivity index (χ2v) is 5.44. The highest BCUT2D eigenvalue weighted by molar-refractivity contribution is 5.79. The molecule has 0 aliphatic heterocycles. The van der Waals surface area contributed by atoms with E-state index in [1.807, 2.05) is 19.9 Å². The monoisotopic (exact) mass is 332 g/mol. The van der Waals surface area contributed by atoms with E-state index >= 15 is 0 Å². The number of amides is 1. The molecule has 1 aromatic carbocycles. The Morgan fingerprint density at radius 2 is 2.04 bits per heavy atom. The van der Waals surface area contributed by atoms with Gasteiger partial charge in [0.1, 0.15) is 18.4 Å². The molecule has 8 nitrogen and oxygen atoms in total. The van der Waals surface area contributed by atoms with Gasteiger partial charge in [0.15, 0.2) is 0 Å². The van der Waals surface area contributed by atoms with E-state index in [1.165, 1.54) is 24.3 Å². The molecule has 0 spiro atoms. The first-order chi connectivity index (χ1) is 11.4. The van der Waals surface area contributed by atoms with Crippen LogP contribution >= 0.6 is 0 Å². The lowest BCUT2D eigenvalue weighted by atomic mass is 10.3. The fraction of sp³-hybridized carbons (Fsp3) is 0.375. The summed E-state index contributed by atoms with van der Waals surface area (Å²) in [5.41, 5.74) is 1.81. The fourth-order valence-electron chi connectivity index (χ4n) is 2.30. The number of non-ortho nitro benzene ring substituents is 1. The molecule has 0 fully saturated rings. The summed E-state index contributed by atoms with van der Waals surface area (Å²) >= 11 is 0. The SMILES string of the molecule is Cc1cc(C)n(C(C)C(=O)NCCOc2ccc([N+](=O)[O-])cc2)n1. The van der Waals surface area contributed by atoms with Crippen LogP contribution in [0.1, 0.15) is 24.4 Å². The maximum Gasteiger partial charge on any atom is 0.269 e. The van der Waals surface area contributed by atoms with Gasteiger partial charge in [-0.05, 0) is 39.0 Å². The highest BCUT2D eigenvalue weighted by atomic mass is 16.6. The Morgan fingerprint density at radius 3 is 2.58 bits per heavy atom. The molecule has 0 bridgehead atoms. The molecule has 2 aromatic rings. The number of nitro groups is 1. The fourth-order valence-corrected chi connectivity index (χ4v) is 2.30. The molecule has 1 unspecified atom stereocenters. The minimum atomic E-state index is -0.468. The van der Waals surface area contributed by atoms with E-state index in [4.69, 9.17) is 4.74 Å². The first-order valence-corrected chi connectivity index (χ1v) is 7.56. The second-order valence-electron chi connectivity index (χ2n) is 5.44. The Labute approximate surface area is 139 Å². The van der Waals surface area contributed by atoms with Gasteiger partial charge in [0.2, 0.25) is 5.91 Å². The van der Waals surface area contributed by atoms with E-state index in [2.05, 4.69) is 10.4 Å². The molecular weight excluding hydrogens is 312 g/mol. The van der Waals surface area contributed by atoms with Crippen LogP contribution in [0.2, 0.25) is 0 Å². The van der Waals surface area contributed by atoms with Crippen LogP contribution in [-0.4, -0.2) is 33.8 Å². The summed E-state index contributed by atoms with van der Waals surface area (Å²) in [6.07, 6.45) is 0. The number of nitrogens with zero attached hydrogens (tertiary/aromatic N) is 3. The van der Waals surface area contributed by atoms with Crippen molar-refractivity contribution in [3.63, 3.8) is 0 Å². The molecule has 1 heterocycles. The number of hydrogen-bond acceptors (Lipinski definition) is 5. The van der Waals surface area contributed by atoms with Crippen LogP contribution in [0.3, 0.4) is 0 Å². The summed E-state index contributed by atoms with van der Waals surface area (Å²) in [7, 11) is 0. The van der Waals surface area contributed by atoms with Gasteiger partial charge in [-0.1, -0.05) is 0 Å². The van der Waals surface area contributed by atoms with Crippen molar-refractivity contribution in [2.75, 3.05) is 13.2 Å². The topological polar surface area (TPSA) is 99.3 Å². The van der Waals surface area contributed by atoms with Crippen molar-refractivity contribution < 1.29 is 14.5 Å². The van der Waals surface area contributed by atoms with Crippen molar-refractivity contribution in [1.29, 1.82) is 0 Å². The van der Waals surface area contributed by atoms with Crippen molar-refractivity contribution in [1.82, 2.24) is 15.1 Å². The van der Waals surface area contributed by atoms with Crippen LogP contribution in [0.25, 0.3) is 0 Å². The first kappa shape index (κ1) is 17.5. The molecular formula is C16H20N4O4. The number of aryl methyl sites for hydroxylation is 2. The van der Waals surface area contributed by atoms with Crippen molar-refractivity contribution in [3.8, 4) is 5.75 Å². The Hall–Kier alpha value is -2.90. The van der Waals surface area contributed by atoms with Crippen LogP contribution in [0.5, 0.6) is 5.75 Å². The van der Waals surface area contributed by atoms with Crippen LogP contribution in [0.15, 0.2) is 30.3 Å². The molecule has 1 N–H and O–H groups in total. The molecule has 1 atom stereocenters. The minimum absolute atomic E-state index is 0.00867. The molecule has 128 valence electrons. The Kier molecular flexibility index (Phi) is 5.51. The molecule has 8 heteroatoms. The standard InChI is InChI=1S/C16H20N4O4/c1-11-10-12(2)19(18-11)13(3)16(21)17-8-9-24-15-6-4-14(5-7-15)20(22)23/h4-7,10,13H,8-9H2,1-3H3,(H,17,21). The minimum Gasteiger partial charge on any atom is -0.492 e. The van der Waals surface area contributed by atoms with Crippen LogP contribution in [0, 0.1) is 24.0 Å². The number of hydrogen-bond donors (Lipinski definition) is 1. The third kappa shape index (κ3) is 4.31. The predicted octanol–water partition coefficient (Wildman–Crippen LogP) is 2.16. The van der Waals surface area contributed by atoms with Crippen LogP contribution < -0.4 is 10.1 Å². The number of ether oxygens (including phenoxy) is 1. The zero-order valence-corrected chi connectivity index (χ0v) is 13.9. The molecule has 0 aliphatic carbocycles. The highest BCUT2D eigenvalue weighted by Gasteiger charge is 2.17. The Morgan fingerprint density at radius 1 is 1.38 bits per heavy atom. The summed E-state index contributed by atoms with van der Waals surface area (Å²) < 4.78 is 7.13. The van der Waals surface area contributed by atoms with E-state index in [9.17, 15) is 14.9 Å². The molecule has 1 aromatic heterocycles. The summed E-state index contributed by atoms with van der Waals surface area (Å²) in [6.45, 7) is 6.17. The van der Waals surface area contributed by atoms with Crippen molar-refractivity contribution in [3.05, 3.63) is 51.8 Å². The number of rotatable bonds is 7. The smallest absolute Gasteiger partial charge is 0.269 e. The largest absolute Gasteiger partial charge is 0.492 e. The average molecular weight is 332 g/mol. The normalized spacial score (nSPS) is 11.8. The zero-order valence-electron chi connectivity index (χ0n) is 13.9. The zero-order chi connectivity index (χ0) is 17.7. The first-order valence-electron chi connectivity index (χ1n) is 7.56. The van der Waals surface area contributed by atoms with Gasteiger partial charge in [0.05, 0.1) is 17.2 Å². The summed E-state index contributed by atoms with van der Waals surface area (Å²) in [6, 6.07) is 7.31. The summed E-state index contributed by atoms with van der Waals surface area (Å²) in [4.78, 5) is 22.2. The van der Waals surface area contributed by atoms with E-state index < -0.39 is 11.0 Å². The number of nitro benzene ring substituents is 1. The van der Waals surface area contributed by atoms with Crippen LogP contribution in [0.4, 0.5) is 5.69 Å². The molecule has 0 radical (unpaired) electrons. The summed E-state index contributed by atoms with van der Waals surface area (Å²) in [5, 5.41) is 17.6. The number of benzene rings is 1. The van der Waals surface area contributed by atoms with Gasteiger partial charge in [-0.25, -0.2) is 0 Å². The molecule has 0 saturated heterocycles. The lowest BCUT2D eigenvalue weighted by Crippen LogP contribution is -2.34. The lowest BCUT2D eigenvalue weighted by Gasteiger charge is -2.14. The Balaban J connectivity index is 1.78. The molecule has 0 aliphatic rings. The predicted molar refractivity (Wildman–Crippen MR) is 88.0 cm³/mol. The van der Waals surface area contributed by atoms with Gasteiger partial charge < -0.3 is 10.1 Å². The highest BCUT2D eigenvalue weighted by Crippen LogP contribution is 2.17. The van der Waals surface area contributed by atoms with E-state index in [1.54, 1.807) is 11.6 Å². The maximum absolute atomic E-state index is 12.1. The Bertz CT molecular complexity index is 724. The molecule has 24 heavy (non-hydrogen) atoms. The second kappa shape index (κ2) is 7.58. The lowest BCUT2D eigenvalue weighted by molar-refractivity contribution is -0.384. The van der Waals surface area contributed by atoms with Gasteiger partial charge in [-0.15, -0.1) is 0 Å². The van der Waals surface area contributed by atoms with E-state index in [0.29, 0.717) is 12.3 Å². The van der Waals surface area contributed by atoms with Crippen LogP contribution in [-0.2, 0) is 4.79 Å². The average Bonchev–Trinajstić information content (AvgIpc) is 2.89. The van der Waals surface area contributed by atoms with Gasteiger partial charge in [0.25, 0.3) is 5.69 Å². The third-order valence-corrected chi connectivity index (χ3v) is 3.51. The van der Waals surface area contributed by atoms with E-state index in [0.717, 1.165) is 11.4 Å². The molecule has 1 amide bonds. The quantitative estimate of drug-likeness (QED) is 0.476. The molecule has 2 rings (SSSR count).